The van der Waals surface area contributed by atoms with Gasteiger partial charge in [0, 0.05) is 12.4 Å². The molecule has 1 nitrogen and oxygen atoms in total. The molecule has 0 saturated heterocycles. The smallest absolute Gasteiger partial charge is 0.00705 e. The van der Waals surface area contributed by atoms with Gasteiger partial charge in [0.25, 0.3) is 0 Å². The van der Waals surface area contributed by atoms with Crippen molar-refractivity contribution >= 4 is 38.6 Å². The molecule has 5 rings (SSSR count). The van der Waals surface area contributed by atoms with Gasteiger partial charge in [0.1, 0.15) is 0 Å². The van der Waals surface area contributed by atoms with E-state index in [1.54, 1.807) is 0 Å². The molecule has 4 heteroatoms. The van der Waals surface area contributed by atoms with Gasteiger partial charge in [-0.25, -0.2) is 0 Å². The molecule has 0 aliphatic carbocycles. The Bertz CT molecular complexity index is 981. The zero-order valence-corrected chi connectivity index (χ0v) is 18.0. The van der Waals surface area contributed by atoms with Crippen molar-refractivity contribution in [3.8, 4) is 5.69 Å². The number of halogens is 2. The fourth-order valence-electron chi connectivity index (χ4n) is 2.86. The van der Waals surface area contributed by atoms with Gasteiger partial charge in [0.15, 0.2) is 0 Å². The molecule has 0 unspecified atom stereocenters. The SMILES string of the molecule is [Cl][Zr+2][Cl].c1ccc2[cH-]c(-n3cccc3)cc2c1.c1ccc2[cH-]ccc2c1. The van der Waals surface area contributed by atoms with E-state index in [-0.39, 0.29) is 0 Å². The van der Waals surface area contributed by atoms with E-state index in [1.807, 2.05) is 12.1 Å². The van der Waals surface area contributed by atoms with Crippen LogP contribution in [0.15, 0.2) is 103 Å². The summed E-state index contributed by atoms with van der Waals surface area (Å²) < 4.78 is 2.12. The van der Waals surface area contributed by atoms with E-state index in [0.717, 1.165) is 0 Å². The van der Waals surface area contributed by atoms with E-state index >= 15 is 0 Å². The number of hydrogen-bond acceptors (Lipinski definition) is 0. The average molecular weight is 458 g/mol. The summed E-state index contributed by atoms with van der Waals surface area (Å²) in [7, 11) is 9.87. The van der Waals surface area contributed by atoms with Crippen LogP contribution in [0.2, 0.25) is 0 Å². The largest absolute Gasteiger partial charge is 0.342 e. The van der Waals surface area contributed by atoms with Crippen molar-refractivity contribution in [2.24, 2.45) is 0 Å². The standard InChI is InChI=1S/C13H10N.C9H7.2ClH.Zr/c1-2-6-12-10-13(9-11(12)5-1)14-7-3-4-8-14;1-2-5-9-7-3-6-8(9)4-1;;;/h1-10H;1-7H;2*1H;/q2*-1;;;+4/p-2. The Labute approximate surface area is 172 Å². The van der Waals surface area contributed by atoms with Crippen LogP contribution in [0, 0.1) is 0 Å². The minimum Gasteiger partial charge on any atom is -0.342 e. The van der Waals surface area contributed by atoms with E-state index in [4.69, 9.17) is 17.0 Å². The summed E-state index contributed by atoms with van der Waals surface area (Å²) in [5.41, 5.74) is 1.23. The predicted octanol–water partition coefficient (Wildman–Crippen LogP) is 7.28. The van der Waals surface area contributed by atoms with Crippen LogP contribution in [0.25, 0.3) is 27.2 Å². The molecule has 0 aliphatic rings. The predicted molar refractivity (Wildman–Crippen MR) is 110 cm³/mol. The Morgan fingerprint density at radius 1 is 0.731 bits per heavy atom. The van der Waals surface area contributed by atoms with E-state index in [1.165, 1.54) is 27.2 Å². The Balaban J connectivity index is 0.000000141. The Morgan fingerprint density at radius 3 is 2.00 bits per heavy atom. The zero-order valence-electron chi connectivity index (χ0n) is 14.0. The van der Waals surface area contributed by atoms with Crippen molar-refractivity contribution in [2.75, 3.05) is 0 Å². The van der Waals surface area contributed by atoms with Crippen molar-refractivity contribution in [2.45, 2.75) is 0 Å². The molecule has 0 radical (unpaired) electrons. The fraction of sp³-hybridized carbons (Fsp3) is 0. The third kappa shape index (κ3) is 4.98. The van der Waals surface area contributed by atoms with Gasteiger partial charge in [-0.3, -0.25) is 0 Å². The van der Waals surface area contributed by atoms with E-state index < -0.39 is 20.8 Å². The van der Waals surface area contributed by atoms with Crippen LogP contribution < -0.4 is 0 Å². The molecule has 0 fully saturated rings. The van der Waals surface area contributed by atoms with Gasteiger partial charge in [-0.15, -0.1) is 70.8 Å². The van der Waals surface area contributed by atoms with Crippen LogP contribution in [-0.2, 0) is 20.8 Å². The minimum absolute atomic E-state index is 0.826. The van der Waals surface area contributed by atoms with Gasteiger partial charge in [-0.2, -0.15) is 17.5 Å². The molecule has 0 N–H and O–H groups in total. The Hall–Kier alpha value is -1.60. The Kier molecular flexibility index (Phi) is 7.32. The van der Waals surface area contributed by atoms with Crippen LogP contribution >= 0.6 is 17.0 Å². The van der Waals surface area contributed by atoms with Gasteiger partial charge in [-0.1, -0.05) is 12.1 Å². The van der Waals surface area contributed by atoms with E-state index in [2.05, 4.69) is 95.8 Å². The molecule has 26 heavy (non-hydrogen) atoms. The first-order chi connectivity index (χ1) is 12.8. The van der Waals surface area contributed by atoms with Gasteiger partial charge in [0.05, 0.1) is 0 Å². The van der Waals surface area contributed by atoms with Crippen molar-refractivity contribution in [1.82, 2.24) is 4.57 Å². The van der Waals surface area contributed by atoms with Gasteiger partial charge in [-0.05, 0) is 17.8 Å². The number of nitrogens with zero attached hydrogens (tertiary/aromatic N) is 1. The second-order valence-electron chi connectivity index (χ2n) is 5.66. The van der Waals surface area contributed by atoms with Gasteiger partial charge in [0.2, 0.25) is 0 Å². The maximum atomic E-state index is 4.93. The average Bonchev–Trinajstić information content (AvgIpc) is 3.41. The van der Waals surface area contributed by atoms with Crippen LogP contribution in [0.1, 0.15) is 0 Å². The van der Waals surface area contributed by atoms with E-state index in [0.29, 0.717) is 0 Å². The monoisotopic (exact) mass is 455 g/mol. The van der Waals surface area contributed by atoms with Crippen LogP contribution in [-0.4, -0.2) is 4.57 Å². The first-order valence-electron chi connectivity index (χ1n) is 8.17. The number of aromatic nitrogens is 1. The normalized spacial score (nSPS) is 9.77. The third-order valence-corrected chi connectivity index (χ3v) is 4.05. The summed E-state index contributed by atoms with van der Waals surface area (Å²) in [5.74, 6) is 0. The molecule has 5 aromatic rings. The Morgan fingerprint density at radius 2 is 1.35 bits per heavy atom. The van der Waals surface area contributed by atoms with Crippen molar-refractivity contribution < 1.29 is 20.8 Å². The number of benzene rings is 2. The van der Waals surface area contributed by atoms with Gasteiger partial charge < -0.3 is 4.57 Å². The summed E-state index contributed by atoms with van der Waals surface area (Å²) in [6.45, 7) is 0. The van der Waals surface area contributed by atoms with Crippen molar-refractivity contribution in [3.63, 3.8) is 0 Å². The number of hydrogen-bond donors (Lipinski definition) is 0. The zero-order chi connectivity index (χ0) is 18.2. The first kappa shape index (κ1) is 19.2. The minimum atomic E-state index is -0.826. The molecular weight excluding hydrogens is 440 g/mol. The molecule has 0 bridgehead atoms. The molecule has 128 valence electrons. The summed E-state index contributed by atoms with van der Waals surface area (Å²) >= 11 is -0.826. The molecule has 0 spiro atoms. The van der Waals surface area contributed by atoms with E-state index in [9.17, 15) is 0 Å². The van der Waals surface area contributed by atoms with Gasteiger partial charge >= 0.3 is 37.9 Å². The summed E-state index contributed by atoms with van der Waals surface area (Å²) in [6, 6.07) is 31.6. The molecule has 0 saturated carbocycles. The molecule has 1 heterocycles. The summed E-state index contributed by atoms with van der Waals surface area (Å²) in [4.78, 5) is 0. The topological polar surface area (TPSA) is 4.93 Å². The molecule has 0 amide bonds. The second kappa shape index (κ2) is 9.92. The molecule has 0 atom stereocenters. The van der Waals surface area contributed by atoms with Crippen LogP contribution in [0.4, 0.5) is 0 Å². The number of fused-ring (bicyclic) bond motifs is 2. The quantitative estimate of drug-likeness (QED) is 0.233. The molecule has 4 aromatic carbocycles. The van der Waals surface area contributed by atoms with Crippen molar-refractivity contribution in [3.05, 3.63) is 103 Å². The molecule has 0 aliphatic heterocycles. The molecular formula is C22H17Cl2NZr. The first-order valence-corrected chi connectivity index (χ1v) is 14.5. The van der Waals surface area contributed by atoms with Crippen LogP contribution in [0.3, 0.4) is 0 Å². The fourth-order valence-corrected chi connectivity index (χ4v) is 2.86. The maximum Gasteiger partial charge on any atom is 0.00705 e. The third-order valence-electron chi connectivity index (χ3n) is 4.05. The number of rotatable bonds is 1. The second-order valence-corrected chi connectivity index (χ2v) is 9.39. The summed E-state index contributed by atoms with van der Waals surface area (Å²) in [5, 5.41) is 5.27. The molecule has 1 aromatic heterocycles. The maximum absolute atomic E-state index is 4.93. The summed E-state index contributed by atoms with van der Waals surface area (Å²) in [6.07, 6.45) is 4.13. The van der Waals surface area contributed by atoms with Crippen LogP contribution in [0.5, 0.6) is 0 Å². The van der Waals surface area contributed by atoms with Crippen molar-refractivity contribution in [1.29, 1.82) is 0 Å².